The van der Waals surface area contributed by atoms with Gasteiger partial charge < -0.3 is 5.32 Å². The van der Waals surface area contributed by atoms with E-state index in [2.05, 4.69) is 20.7 Å². The molecule has 0 fully saturated rings. The van der Waals surface area contributed by atoms with Gasteiger partial charge in [0.15, 0.2) is 5.78 Å². The maximum Gasteiger partial charge on any atom is 0.416 e. The Morgan fingerprint density at radius 2 is 2.00 bits per heavy atom. The molecule has 3 aromatic rings. The Morgan fingerprint density at radius 1 is 1.21 bits per heavy atom. The predicted molar refractivity (Wildman–Crippen MR) is 99.3 cm³/mol. The zero-order valence-electron chi connectivity index (χ0n) is 15.2. The number of hydrogen-bond acceptors (Lipinski definition) is 6. The summed E-state index contributed by atoms with van der Waals surface area (Å²) in [5.41, 5.74) is -0.650. The molecule has 152 valence electrons. The van der Waals surface area contributed by atoms with Gasteiger partial charge in [-0.3, -0.25) is 9.59 Å². The molecule has 29 heavy (non-hydrogen) atoms. The molecule has 0 saturated carbocycles. The number of rotatable bonds is 7. The van der Waals surface area contributed by atoms with Crippen molar-refractivity contribution in [2.45, 2.75) is 26.1 Å². The number of benzene rings is 1. The van der Waals surface area contributed by atoms with Gasteiger partial charge in [0.2, 0.25) is 11.7 Å². The van der Waals surface area contributed by atoms with Gasteiger partial charge in [0.25, 0.3) is 0 Å². The minimum atomic E-state index is -4.47. The first-order chi connectivity index (χ1) is 13.7. The summed E-state index contributed by atoms with van der Waals surface area (Å²) >= 11 is 1.30. The number of alkyl halides is 3. The van der Waals surface area contributed by atoms with Crippen molar-refractivity contribution < 1.29 is 22.8 Å². The summed E-state index contributed by atoms with van der Waals surface area (Å²) in [4.78, 5) is 25.8. The lowest BCUT2D eigenvalue weighted by molar-refractivity contribution is -0.137. The van der Waals surface area contributed by atoms with E-state index in [-0.39, 0.29) is 29.6 Å². The third-order valence-corrected chi connectivity index (χ3v) is 5.05. The van der Waals surface area contributed by atoms with Crippen molar-refractivity contribution in [3.63, 3.8) is 0 Å². The normalized spacial score (nSPS) is 11.4. The number of carbonyl (C=O) groups excluding carboxylic acids is 2. The Kier molecular flexibility index (Phi) is 6.06. The van der Waals surface area contributed by atoms with Gasteiger partial charge in [-0.25, -0.2) is 0 Å². The molecule has 1 aromatic carbocycles. The Labute approximate surface area is 167 Å². The van der Waals surface area contributed by atoms with Crippen LogP contribution in [0.15, 0.2) is 36.4 Å². The van der Waals surface area contributed by atoms with Crippen LogP contribution in [0.5, 0.6) is 0 Å². The smallest absolute Gasteiger partial charge is 0.356 e. The summed E-state index contributed by atoms with van der Waals surface area (Å²) in [6, 6.07) is 8.09. The number of aromatic nitrogens is 4. The number of halogens is 3. The van der Waals surface area contributed by atoms with Crippen LogP contribution in [0.4, 0.5) is 13.2 Å². The SMILES string of the molecule is CC(=O)NCCc1ccc(C(=O)Cn2nnc(-c3cccc(C(F)(F)F)c3)n2)s1. The third kappa shape index (κ3) is 5.47. The highest BCUT2D eigenvalue weighted by atomic mass is 32.1. The summed E-state index contributed by atoms with van der Waals surface area (Å²) in [5, 5.41) is 14.2. The van der Waals surface area contributed by atoms with E-state index in [1.807, 2.05) is 6.07 Å². The van der Waals surface area contributed by atoms with Crippen LogP contribution >= 0.6 is 11.3 Å². The minimum Gasteiger partial charge on any atom is -0.356 e. The number of Topliss-reactive ketones (excluding diaryl/α,β-unsaturated/α-hetero) is 1. The van der Waals surface area contributed by atoms with Gasteiger partial charge in [0.1, 0.15) is 6.54 Å². The largest absolute Gasteiger partial charge is 0.416 e. The number of thiophene rings is 1. The lowest BCUT2D eigenvalue weighted by atomic mass is 10.1. The second kappa shape index (κ2) is 8.52. The number of tetrazole rings is 1. The maximum absolute atomic E-state index is 12.8. The molecule has 0 atom stereocenters. The topological polar surface area (TPSA) is 89.8 Å². The van der Waals surface area contributed by atoms with E-state index >= 15 is 0 Å². The Bertz CT molecular complexity index is 1030. The van der Waals surface area contributed by atoms with Crippen LogP contribution in [0.2, 0.25) is 0 Å². The molecular weight excluding hydrogens is 407 g/mol. The Balaban J connectivity index is 1.65. The molecule has 0 bridgehead atoms. The fourth-order valence-corrected chi connectivity index (χ4v) is 3.43. The van der Waals surface area contributed by atoms with E-state index < -0.39 is 11.7 Å². The second-order valence-electron chi connectivity index (χ2n) is 6.14. The molecule has 0 spiro atoms. The van der Waals surface area contributed by atoms with Crippen molar-refractivity contribution in [1.82, 2.24) is 25.5 Å². The second-order valence-corrected chi connectivity index (χ2v) is 7.31. The molecule has 0 aliphatic rings. The average Bonchev–Trinajstić information content (AvgIpc) is 3.30. The zero-order chi connectivity index (χ0) is 21.0. The van der Waals surface area contributed by atoms with Gasteiger partial charge in [-0.1, -0.05) is 12.1 Å². The Hall–Kier alpha value is -3.08. The van der Waals surface area contributed by atoms with Gasteiger partial charge in [0.05, 0.1) is 10.4 Å². The maximum atomic E-state index is 12.8. The van der Waals surface area contributed by atoms with Crippen LogP contribution < -0.4 is 5.32 Å². The number of nitrogens with one attached hydrogen (secondary N) is 1. The number of hydrogen-bond donors (Lipinski definition) is 1. The Morgan fingerprint density at radius 3 is 2.72 bits per heavy atom. The van der Waals surface area contributed by atoms with E-state index in [0.29, 0.717) is 17.8 Å². The van der Waals surface area contributed by atoms with Crippen molar-refractivity contribution >= 4 is 23.0 Å². The third-order valence-electron chi connectivity index (χ3n) is 3.87. The lowest BCUT2D eigenvalue weighted by Crippen LogP contribution is -2.22. The summed E-state index contributed by atoms with van der Waals surface area (Å²) < 4.78 is 38.5. The van der Waals surface area contributed by atoms with Crippen LogP contribution in [-0.2, 0) is 23.9 Å². The molecular formula is C18H16F3N5O2S. The van der Waals surface area contributed by atoms with Gasteiger partial charge in [0, 0.05) is 23.9 Å². The zero-order valence-corrected chi connectivity index (χ0v) is 16.0. The van der Waals surface area contributed by atoms with Crippen LogP contribution in [0.3, 0.4) is 0 Å². The van der Waals surface area contributed by atoms with E-state index in [0.717, 1.165) is 21.8 Å². The number of amides is 1. The first-order valence-electron chi connectivity index (χ1n) is 8.54. The molecule has 0 aliphatic heterocycles. The van der Waals surface area contributed by atoms with Crippen molar-refractivity contribution in [2.24, 2.45) is 0 Å². The van der Waals surface area contributed by atoms with Gasteiger partial charge in [-0.05, 0) is 35.9 Å². The van der Waals surface area contributed by atoms with Crippen molar-refractivity contribution in [1.29, 1.82) is 0 Å². The summed E-state index contributed by atoms with van der Waals surface area (Å²) in [5.74, 6) is -0.355. The molecule has 3 rings (SSSR count). The van der Waals surface area contributed by atoms with Crippen molar-refractivity contribution in [2.75, 3.05) is 6.54 Å². The van der Waals surface area contributed by atoms with Crippen molar-refractivity contribution in [3.8, 4) is 11.4 Å². The first-order valence-corrected chi connectivity index (χ1v) is 9.36. The van der Waals surface area contributed by atoms with Gasteiger partial charge in [-0.2, -0.15) is 18.0 Å². The highest BCUT2D eigenvalue weighted by Gasteiger charge is 2.30. The highest BCUT2D eigenvalue weighted by Crippen LogP contribution is 2.31. The van der Waals surface area contributed by atoms with Crippen LogP contribution in [-0.4, -0.2) is 38.4 Å². The lowest BCUT2D eigenvalue weighted by Gasteiger charge is -2.06. The first kappa shape index (κ1) is 20.6. The van der Waals surface area contributed by atoms with Crippen LogP contribution in [0.25, 0.3) is 11.4 Å². The molecule has 1 N–H and O–H groups in total. The molecule has 2 aromatic heterocycles. The van der Waals surface area contributed by atoms with E-state index in [4.69, 9.17) is 0 Å². The van der Waals surface area contributed by atoms with E-state index in [1.165, 1.54) is 30.4 Å². The minimum absolute atomic E-state index is 0.00563. The summed E-state index contributed by atoms with van der Waals surface area (Å²) in [6.45, 7) is 1.73. The molecule has 0 aliphatic carbocycles. The number of nitrogens with zero attached hydrogens (tertiary/aromatic N) is 4. The van der Waals surface area contributed by atoms with Crippen LogP contribution in [0.1, 0.15) is 27.0 Å². The predicted octanol–water partition coefficient (Wildman–Crippen LogP) is 2.98. The molecule has 1 amide bonds. The molecule has 2 heterocycles. The average molecular weight is 423 g/mol. The quantitative estimate of drug-likeness (QED) is 0.590. The molecule has 0 radical (unpaired) electrons. The summed E-state index contributed by atoms with van der Waals surface area (Å²) in [6.07, 6.45) is -3.86. The van der Waals surface area contributed by atoms with Crippen molar-refractivity contribution in [3.05, 3.63) is 51.7 Å². The number of ketones is 1. The number of carbonyl (C=O) groups is 2. The molecule has 7 nitrogen and oxygen atoms in total. The summed E-state index contributed by atoms with van der Waals surface area (Å²) in [7, 11) is 0. The molecule has 0 unspecified atom stereocenters. The highest BCUT2D eigenvalue weighted by molar-refractivity contribution is 7.14. The van der Waals surface area contributed by atoms with Gasteiger partial charge >= 0.3 is 6.18 Å². The van der Waals surface area contributed by atoms with E-state index in [9.17, 15) is 22.8 Å². The fraction of sp³-hybridized carbons (Fsp3) is 0.278. The molecule has 11 heteroatoms. The molecule has 0 saturated heterocycles. The fourth-order valence-electron chi connectivity index (χ4n) is 2.49. The van der Waals surface area contributed by atoms with Gasteiger partial charge in [-0.15, -0.1) is 21.5 Å². The standard InChI is InChI=1S/C18H16F3N5O2S/c1-11(27)22-8-7-14-5-6-16(29-14)15(28)10-26-24-17(23-25-26)12-3-2-4-13(9-12)18(19,20)21/h2-6,9H,7-8,10H2,1H3,(H,22,27). The van der Waals surface area contributed by atoms with Crippen LogP contribution in [0, 0.1) is 0 Å². The monoisotopic (exact) mass is 423 g/mol. The van der Waals surface area contributed by atoms with E-state index in [1.54, 1.807) is 6.07 Å².